The van der Waals surface area contributed by atoms with Crippen LogP contribution in [0, 0.1) is 16.6 Å². The zero-order chi connectivity index (χ0) is 19.4. The number of carbonyl (C=O) groups excluding carboxylic acids is 2. The molecule has 4 rings (SSSR count). The van der Waals surface area contributed by atoms with Crippen molar-refractivity contribution in [3.8, 4) is 5.69 Å². The minimum Gasteiger partial charge on any atom is -0.468 e. The molecule has 0 radical (unpaired) electrons. The number of carbonyl (C=O) groups is 2. The Labute approximate surface area is 156 Å². The van der Waals surface area contributed by atoms with Gasteiger partial charge in [-0.2, -0.15) is 0 Å². The number of benzene rings is 1. The summed E-state index contributed by atoms with van der Waals surface area (Å²) >= 11 is 0. The number of methoxy groups -OCH3 is 1. The summed E-state index contributed by atoms with van der Waals surface area (Å²) in [7, 11) is 1.31. The molecule has 1 aliphatic heterocycles. The Morgan fingerprint density at radius 1 is 1.22 bits per heavy atom. The number of hydrogen-bond donors (Lipinski definition) is 0. The van der Waals surface area contributed by atoms with E-state index in [1.807, 2.05) is 4.57 Å². The van der Waals surface area contributed by atoms with E-state index in [0.29, 0.717) is 25.2 Å². The fourth-order valence-electron chi connectivity index (χ4n) is 4.04. The highest BCUT2D eigenvalue weighted by molar-refractivity contribution is 6.06. The van der Waals surface area contributed by atoms with Crippen molar-refractivity contribution in [3.63, 3.8) is 0 Å². The second-order valence-corrected chi connectivity index (χ2v) is 8.03. The van der Waals surface area contributed by atoms with E-state index in [0.717, 1.165) is 5.69 Å². The molecule has 142 valence electrons. The van der Waals surface area contributed by atoms with Gasteiger partial charge in [-0.25, -0.2) is 9.37 Å². The summed E-state index contributed by atoms with van der Waals surface area (Å²) in [4.78, 5) is 31.5. The van der Waals surface area contributed by atoms with E-state index in [1.54, 1.807) is 29.4 Å². The van der Waals surface area contributed by atoms with Crippen molar-refractivity contribution in [3.05, 3.63) is 48.3 Å². The zero-order valence-corrected chi connectivity index (χ0v) is 15.6. The van der Waals surface area contributed by atoms with Gasteiger partial charge in [-0.3, -0.25) is 9.59 Å². The Hall–Kier alpha value is -2.70. The van der Waals surface area contributed by atoms with Crippen molar-refractivity contribution in [2.45, 2.75) is 32.7 Å². The highest BCUT2D eigenvalue weighted by Gasteiger charge is 2.64. The average molecular weight is 371 g/mol. The smallest absolute Gasteiger partial charge is 0.321 e. The minimum absolute atomic E-state index is 0.188. The number of likely N-dealkylation sites (tertiary alicyclic amines) is 1. The van der Waals surface area contributed by atoms with Gasteiger partial charge in [-0.05, 0) is 37.1 Å². The van der Waals surface area contributed by atoms with Crippen LogP contribution in [0.3, 0.4) is 0 Å². The van der Waals surface area contributed by atoms with Crippen LogP contribution in [0.2, 0.25) is 0 Å². The first-order chi connectivity index (χ1) is 12.8. The SMILES string of the molecule is COC(=O)C1(C(=O)N2CC(C)(C)C2c2nccn2-c2ccc(F)cc2)CC1. The Balaban J connectivity index is 1.68. The summed E-state index contributed by atoms with van der Waals surface area (Å²) < 4.78 is 20.0. The number of amides is 1. The molecule has 0 N–H and O–H groups in total. The van der Waals surface area contributed by atoms with Crippen LogP contribution in [-0.4, -0.2) is 40.0 Å². The molecule has 0 spiro atoms. The third-order valence-corrected chi connectivity index (χ3v) is 5.64. The quantitative estimate of drug-likeness (QED) is 0.612. The lowest BCUT2D eigenvalue weighted by Crippen LogP contribution is -2.61. The van der Waals surface area contributed by atoms with E-state index in [-0.39, 0.29) is 23.2 Å². The summed E-state index contributed by atoms with van der Waals surface area (Å²) in [5, 5.41) is 0. The first-order valence-electron chi connectivity index (χ1n) is 8.99. The number of rotatable bonds is 4. The maximum absolute atomic E-state index is 13.3. The van der Waals surface area contributed by atoms with Crippen LogP contribution in [0.5, 0.6) is 0 Å². The fourth-order valence-corrected chi connectivity index (χ4v) is 4.04. The van der Waals surface area contributed by atoms with Gasteiger partial charge >= 0.3 is 5.97 Å². The molecule has 1 aliphatic carbocycles. The Morgan fingerprint density at radius 2 is 1.89 bits per heavy atom. The van der Waals surface area contributed by atoms with E-state index in [9.17, 15) is 14.0 Å². The first kappa shape index (κ1) is 17.7. The molecule has 1 aromatic carbocycles. The van der Waals surface area contributed by atoms with E-state index >= 15 is 0 Å². The Kier molecular flexibility index (Phi) is 3.87. The highest BCUT2D eigenvalue weighted by atomic mass is 19.1. The maximum atomic E-state index is 13.3. The van der Waals surface area contributed by atoms with Crippen LogP contribution < -0.4 is 0 Å². The van der Waals surface area contributed by atoms with Crippen molar-refractivity contribution in [1.29, 1.82) is 0 Å². The van der Waals surface area contributed by atoms with Crippen molar-refractivity contribution in [1.82, 2.24) is 14.5 Å². The Morgan fingerprint density at radius 3 is 2.44 bits per heavy atom. The number of esters is 1. The number of ether oxygens (including phenoxy) is 1. The van der Waals surface area contributed by atoms with E-state index < -0.39 is 11.4 Å². The van der Waals surface area contributed by atoms with Gasteiger partial charge in [-0.15, -0.1) is 0 Å². The molecule has 2 fully saturated rings. The molecular formula is C20H22FN3O3. The highest BCUT2D eigenvalue weighted by Crippen LogP contribution is 2.55. The molecular weight excluding hydrogens is 349 g/mol. The summed E-state index contributed by atoms with van der Waals surface area (Å²) in [5.74, 6) is -0.257. The van der Waals surface area contributed by atoms with E-state index in [4.69, 9.17) is 4.74 Å². The number of nitrogens with zero attached hydrogens (tertiary/aromatic N) is 3. The second-order valence-electron chi connectivity index (χ2n) is 8.03. The van der Waals surface area contributed by atoms with Crippen LogP contribution in [0.25, 0.3) is 5.69 Å². The largest absolute Gasteiger partial charge is 0.468 e. The topological polar surface area (TPSA) is 64.4 Å². The normalized spacial score (nSPS) is 22.1. The lowest BCUT2D eigenvalue weighted by Gasteiger charge is -2.54. The van der Waals surface area contributed by atoms with Crippen molar-refractivity contribution in [2.75, 3.05) is 13.7 Å². The van der Waals surface area contributed by atoms with E-state index in [2.05, 4.69) is 18.8 Å². The van der Waals surface area contributed by atoms with Crippen LogP contribution >= 0.6 is 0 Å². The van der Waals surface area contributed by atoms with Crippen LogP contribution in [0.15, 0.2) is 36.7 Å². The number of hydrogen-bond acceptors (Lipinski definition) is 4. The average Bonchev–Trinajstić information content (AvgIpc) is 3.33. The first-order valence-corrected chi connectivity index (χ1v) is 8.99. The predicted octanol–water partition coefficient (Wildman–Crippen LogP) is 2.87. The lowest BCUT2D eigenvalue weighted by atomic mass is 9.73. The second kappa shape index (κ2) is 5.90. The maximum Gasteiger partial charge on any atom is 0.321 e. The van der Waals surface area contributed by atoms with Crippen molar-refractivity contribution >= 4 is 11.9 Å². The molecule has 2 aliphatic rings. The summed E-state index contributed by atoms with van der Waals surface area (Å²) in [5.41, 5.74) is -0.449. The molecule has 1 saturated carbocycles. The predicted molar refractivity (Wildman–Crippen MR) is 95.4 cm³/mol. The summed E-state index contributed by atoms with van der Waals surface area (Å²) in [6.07, 6.45) is 4.51. The lowest BCUT2D eigenvalue weighted by molar-refractivity contribution is -0.168. The molecule has 27 heavy (non-hydrogen) atoms. The number of aromatic nitrogens is 2. The van der Waals surface area contributed by atoms with Crippen LogP contribution in [0.4, 0.5) is 4.39 Å². The molecule has 1 unspecified atom stereocenters. The fraction of sp³-hybridized carbons (Fsp3) is 0.450. The van der Waals surface area contributed by atoms with Gasteiger partial charge in [0.1, 0.15) is 17.1 Å². The molecule has 2 aromatic rings. The third kappa shape index (κ3) is 2.64. The van der Waals surface area contributed by atoms with Gasteiger partial charge in [0, 0.05) is 30.0 Å². The molecule has 1 saturated heterocycles. The molecule has 0 bridgehead atoms. The Bertz CT molecular complexity index is 899. The number of imidazole rings is 1. The van der Waals surface area contributed by atoms with Gasteiger partial charge in [0.05, 0.1) is 13.2 Å². The zero-order valence-electron chi connectivity index (χ0n) is 15.6. The minimum atomic E-state index is -1.03. The molecule has 1 aromatic heterocycles. The molecule has 1 amide bonds. The third-order valence-electron chi connectivity index (χ3n) is 5.64. The van der Waals surface area contributed by atoms with Gasteiger partial charge < -0.3 is 14.2 Å². The van der Waals surface area contributed by atoms with Crippen molar-refractivity contribution in [2.24, 2.45) is 10.8 Å². The molecule has 1 atom stereocenters. The molecule has 7 heteroatoms. The van der Waals surface area contributed by atoms with Gasteiger partial charge in [-0.1, -0.05) is 13.8 Å². The molecule has 6 nitrogen and oxygen atoms in total. The summed E-state index contributed by atoms with van der Waals surface area (Å²) in [6, 6.07) is 5.87. The van der Waals surface area contributed by atoms with Crippen molar-refractivity contribution < 1.29 is 18.7 Å². The molecule has 2 heterocycles. The monoisotopic (exact) mass is 371 g/mol. The standard InChI is InChI=1S/C20H22FN3O3/c1-19(2)12-24(17(25)20(8-9-20)18(26)27-3)15(19)16-22-10-11-23(16)14-6-4-13(21)5-7-14/h4-7,10-11,15H,8-9,12H2,1-3H3. The van der Waals surface area contributed by atoms with Gasteiger partial charge in [0.25, 0.3) is 0 Å². The van der Waals surface area contributed by atoms with Crippen LogP contribution in [-0.2, 0) is 14.3 Å². The van der Waals surface area contributed by atoms with Gasteiger partial charge in [0.15, 0.2) is 0 Å². The number of halogens is 1. The van der Waals surface area contributed by atoms with Crippen LogP contribution in [0.1, 0.15) is 38.6 Å². The van der Waals surface area contributed by atoms with E-state index in [1.165, 1.54) is 19.2 Å². The van der Waals surface area contributed by atoms with Gasteiger partial charge in [0.2, 0.25) is 5.91 Å². The summed E-state index contributed by atoms with van der Waals surface area (Å²) in [6.45, 7) is 4.69.